The first-order chi connectivity index (χ1) is 11.7. The van der Waals surface area contributed by atoms with E-state index in [0.29, 0.717) is 0 Å². The van der Waals surface area contributed by atoms with Crippen LogP contribution < -0.4 is 5.32 Å². The monoisotopic (exact) mass is 318 g/mol. The molecule has 0 aliphatic carbocycles. The van der Waals surface area contributed by atoms with Crippen molar-refractivity contribution < 1.29 is 4.92 Å². The van der Waals surface area contributed by atoms with Gasteiger partial charge in [0.1, 0.15) is 0 Å². The van der Waals surface area contributed by atoms with Gasteiger partial charge in [0.25, 0.3) is 5.69 Å². The maximum Gasteiger partial charge on any atom is 0.269 e. The van der Waals surface area contributed by atoms with Crippen molar-refractivity contribution in [2.75, 3.05) is 12.4 Å². The molecular weight excluding hydrogens is 300 g/mol. The largest absolute Gasteiger partial charge is 0.388 e. The van der Waals surface area contributed by atoms with Crippen LogP contribution in [0.5, 0.6) is 0 Å². The van der Waals surface area contributed by atoms with Gasteiger partial charge < -0.3 is 5.32 Å². The summed E-state index contributed by atoms with van der Waals surface area (Å²) in [7, 11) is 1.83. The summed E-state index contributed by atoms with van der Waals surface area (Å²) >= 11 is 0. The highest BCUT2D eigenvalue weighted by atomic mass is 16.6. The van der Waals surface area contributed by atoms with Gasteiger partial charge in [-0.2, -0.15) is 0 Å². The fourth-order valence-corrected chi connectivity index (χ4v) is 2.97. The molecule has 0 heterocycles. The van der Waals surface area contributed by atoms with Gasteiger partial charge in [0.2, 0.25) is 0 Å². The van der Waals surface area contributed by atoms with E-state index < -0.39 is 0 Å². The highest BCUT2D eigenvalue weighted by molar-refractivity contribution is 5.61. The van der Waals surface area contributed by atoms with Gasteiger partial charge in [-0.15, -0.1) is 0 Å². The molecule has 0 spiro atoms. The molecule has 4 heteroatoms. The smallest absolute Gasteiger partial charge is 0.269 e. The van der Waals surface area contributed by atoms with Gasteiger partial charge in [0.05, 0.1) is 4.92 Å². The van der Waals surface area contributed by atoms with Gasteiger partial charge in [-0.3, -0.25) is 10.1 Å². The van der Waals surface area contributed by atoms with E-state index >= 15 is 0 Å². The van der Waals surface area contributed by atoms with Crippen LogP contribution in [0, 0.1) is 10.1 Å². The number of nitro benzene ring substituents is 1. The Morgan fingerprint density at radius 2 is 1.42 bits per heavy atom. The molecule has 4 nitrogen and oxygen atoms in total. The second-order valence-electron chi connectivity index (χ2n) is 5.53. The van der Waals surface area contributed by atoms with E-state index in [0.717, 1.165) is 22.4 Å². The van der Waals surface area contributed by atoms with Crippen molar-refractivity contribution >= 4 is 11.4 Å². The van der Waals surface area contributed by atoms with E-state index in [1.807, 2.05) is 43.4 Å². The molecule has 0 aliphatic rings. The van der Waals surface area contributed by atoms with E-state index in [1.165, 1.54) is 6.07 Å². The zero-order valence-electron chi connectivity index (χ0n) is 13.3. The van der Waals surface area contributed by atoms with Crippen LogP contribution in [0.1, 0.15) is 22.6 Å². The first-order valence-electron chi connectivity index (χ1n) is 7.76. The summed E-state index contributed by atoms with van der Waals surface area (Å²) in [5.41, 5.74) is 4.07. The molecule has 3 rings (SSSR count). The molecule has 0 aliphatic heterocycles. The van der Waals surface area contributed by atoms with Gasteiger partial charge in [-0.25, -0.2) is 0 Å². The quantitative estimate of drug-likeness (QED) is 0.417. The Morgan fingerprint density at radius 3 is 1.88 bits per heavy atom. The molecule has 0 atom stereocenters. The summed E-state index contributed by atoms with van der Waals surface area (Å²) in [5, 5.41) is 14.4. The molecule has 1 N–H and O–H groups in total. The molecule has 0 radical (unpaired) electrons. The molecule has 3 aromatic carbocycles. The van der Waals surface area contributed by atoms with Crippen LogP contribution in [0.4, 0.5) is 11.4 Å². The predicted octanol–water partition coefficient (Wildman–Crippen LogP) is 4.82. The lowest BCUT2D eigenvalue weighted by atomic mass is 9.84. The van der Waals surface area contributed by atoms with Crippen molar-refractivity contribution in [1.29, 1.82) is 0 Å². The molecule has 0 saturated carbocycles. The van der Waals surface area contributed by atoms with Gasteiger partial charge in [0.15, 0.2) is 0 Å². The van der Waals surface area contributed by atoms with Crippen molar-refractivity contribution in [2.45, 2.75) is 5.92 Å². The number of non-ortho nitro benzene ring substituents is 1. The van der Waals surface area contributed by atoms with Crippen LogP contribution in [0.25, 0.3) is 0 Å². The Balaban J connectivity index is 2.23. The minimum atomic E-state index is -0.351. The predicted molar refractivity (Wildman–Crippen MR) is 96.5 cm³/mol. The minimum absolute atomic E-state index is 0.0743. The molecule has 24 heavy (non-hydrogen) atoms. The highest BCUT2D eigenvalue weighted by Gasteiger charge is 2.22. The molecule has 0 saturated heterocycles. The van der Waals surface area contributed by atoms with Crippen LogP contribution in [-0.2, 0) is 0 Å². The zero-order valence-corrected chi connectivity index (χ0v) is 13.3. The molecule has 0 aromatic heterocycles. The maximum absolute atomic E-state index is 11.2. The van der Waals surface area contributed by atoms with Crippen molar-refractivity contribution in [3.8, 4) is 0 Å². The van der Waals surface area contributed by atoms with Crippen molar-refractivity contribution in [3.05, 3.63) is 106 Å². The van der Waals surface area contributed by atoms with Crippen LogP contribution in [-0.4, -0.2) is 12.0 Å². The van der Waals surface area contributed by atoms with Crippen LogP contribution in [0.2, 0.25) is 0 Å². The molecule has 0 bridgehead atoms. The van der Waals surface area contributed by atoms with Crippen LogP contribution >= 0.6 is 0 Å². The molecule has 0 unspecified atom stereocenters. The van der Waals surface area contributed by atoms with E-state index in [-0.39, 0.29) is 16.5 Å². The Hall–Kier alpha value is -3.14. The summed E-state index contributed by atoms with van der Waals surface area (Å²) in [4.78, 5) is 10.9. The number of hydrogen-bond acceptors (Lipinski definition) is 3. The highest BCUT2D eigenvalue weighted by Crippen LogP contribution is 2.37. The van der Waals surface area contributed by atoms with Gasteiger partial charge >= 0.3 is 0 Å². The molecule has 0 amide bonds. The summed E-state index contributed by atoms with van der Waals surface area (Å²) in [6, 6.07) is 25.1. The van der Waals surface area contributed by atoms with Gasteiger partial charge in [-0.1, -0.05) is 60.7 Å². The zero-order chi connectivity index (χ0) is 16.9. The number of nitrogens with one attached hydrogen (secondary N) is 1. The fraction of sp³-hybridized carbons (Fsp3) is 0.100. The second kappa shape index (κ2) is 6.96. The summed E-state index contributed by atoms with van der Waals surface area (Å²) < 4.78 is 0. The Bertz CT molecular complexity index is 793. The lowest BCUT2D eigenvalue weighted by molar-refractivity contribution is -0.384. The number of benzene rings is 3. The normalized spacial score (nSPS) is 10.6. The van der Waals surface area contributed by atoms with Crippen LogP contribution in [0.3, 0.4) is 0 Å². The average Bonchev–Trinajstić information content (AvgIpc) is 2.63. The fourth-order valence-electron chi connectivity index (χ4n) is 2.97. The van der Waals surface area contributed by atoms with Crippen molar-refractivity contribution in [3.63, 3.8) is 0 Å². The topological polar surface area (TPSA) is 55.2 Å². The minimum Gasteiger partial charge on any atom is -0.388 e. The van der Waals surface area contributed by atoms with Crippen molar-refractivity contribution in [1.82, 2.24) is 0 Å². The summed E-state index contributed by atoms with van der Waals surface area (Å²) in [6.07, 6.45) is 0. The summed E-state index contributed by atoms with van der Waals surface area (Å²) in [6.45, 7) is 0. The number of rotatable bonds is 5. The van der Waals surface area contributed by atoms with E-state index in [9.17, 15) is 10.1 Å². The molecular formula is C20H18N2O2. The van der Waals surface area contributed by atoms with Gasteiger partial charge in [0, 0.05) is 30.8 Å². The third kappa shape index (κ3) is 3.13. The van der Waals surface area contributed by atoms with E-state index in [1.54, 1.807) is 12.1 Å². The maximum atomic E-state index is 11.2. The number of nitrogens with zero attached hydrogens (tertiary/aromatic N) is 1. The lowest BCUT2D eigenvalue weighted by Gasteiger charge is -2.21. The standard InChI is InChI=1S/C20H18N2O2/c1-21-19-13-12-17(22(23)24)14-18(19)20(15-8-4-2-5-9-15)16-10-6-3-7-11-16/h2-14,20-21H,1H3. The van der Waals surface area contributed by atoms with Crippen molar-refractivity contribution in [2.24, 2.45) is 0 Å². The van der Waals surface area contributed by atoms with Gasteiger partial charge in [-0.05, 0) is 22.8 Å². The second-order valence-corrected chi connectivity index (χ2v) is 5.53. The molecule has 3 aromatic rings. The third-order valence-corrected chi connectivity index (χ3v) is 4.09. The summed E-state index contributed by atoms with van der Waals surface area (Å²) in [5.74, 6) is -0.0743. The molecule has 120 valence electrons. The first kappa shape index (κ1) is 15.7. The SMILES string of the molecule is CNc1ccc([N+](=O)[O-])cc1C(c1ccccc1)c1ccccc1. The number of anilines is 1. The Labute approximate surface area is 140 Å². The average molecular weight is 318 g/mol. The lowest BCUT2D eigenvalue weighted by Crippen LogP contribution is -2.07. The Kier molecular flexibility index (Phi) is 4.57. The number of hydrogen-bond donors (Lipinski definition) is 1. The molecule has 0 fully saturated rings. The van der Waals surface area contributed by atoms with Crippen LogP contribution in [0.15, 0.2) is 78.9 Å². The number of nitro groups is 1. The third-order valence-electron chi connectivity index (χ3n) is 4.09. The van der Waals surface area contributed by atoms with E-state index in [2.05, 4.69) is 29.6 Å². The first-order valence-corrected chi connectivity index (χ1v) is 7.76. The Morgan fingerprint density at radius 1 is 0.875 bits per heavy atom. The van der Waals surface area contributed by atoms with E-state index in [4.69, 9.17) is 0 Å².